The van der Waals surface area contributed by atoms with E-state index in [1.54, 1.807) is 23.5 Å². The van der Waals surface area contributed by atoms with E-state index >= 15 is 0 Å². The van der Waals surface area contributed by atoms with Crippen molar-refractivity contribution in [2.24, 2.45) is 11.8 Å². The van der Waals surface area contributed by atoms with Gasteiger partial charge >= 0.3 is 5.97 Å². The highest BCUT2D eigenvalue weighted by molar-refractivity contribution is 7.09. The maximum atomic E-state index is 12.8. The number of amides is 1. The summed E-state index contributed by atoms with van der Waals surface area (Å²) in [6.07, 6.45) is 4.74. The smallest absolute Gasteiger partial charge is 0.326 e. The monoisotopic (exact) mass is 453 g/mol. The van der Waals surface area contributed by atoms with Crippen molar-refractivity contribution in [3.8, 4) is 0 Å². The van der Waals surface area contributed by atoms with Crippen LogP contribution in [0.1, 0.15) is 73.6 Å². The number of carbonyl (C=O) groups excluding carboxylic acids is 1. The van der Waals surface area contributed by atoms with Crippen molar-refractivity contribution in [1.82, 2.24) is 14.9 Å². The van der Waals surface area contributed by atoms with Crippen LogP contribution in [0, 0.1) is 11.8 Å². The van der Waals surface area contributed by atoms with Crippen molar-refractivity contribution in [2.45, 2.75) is 65.0 Å². The first kappa shape index (κ1) is 22.5. The van der Waals surface area contributed by atoms with Crippen molar-refractivity contribution in [1.29, 1.82) is 0 Å². The summed E-state index contributed by atoms with van der Waals surface area (Å²) in [5, 5.41) is 14.2. The average Bonchev–Trinajstić information content (AvgIpc) is 3.47. The van der Waals surface area contributed by atoms with Gasteiger partial charge in [-0.05, 0) is 60.7 Å². The van der Waals surface area contributed by atoms with Gasteiger partial charge in [0.15, 0.2) is 0 Å². The third kappa shape index (κ3) is 4.72. The first-order chi connectivity index (χ1) is 15.3. The quantitative estimate of drug-likeness (QED) is 0.486. The third-order valence-electron chi connectivity index (χ3n) is 6.40. The lowest BCUT2D eigenvalue weighted by Gasteiger charge is -2.21. The van der Waals surface area contributed by atoms with Gasteiger partial charge in [0, 0.05) is 22.9 Å². The highest BCUT2D eigenvalue weighted by atomic mass is 32.1. The van der Waals surface area contributed by atoms with Crippen molar-refractivity contribution in [3.63, 3.8) is 0 Å². The molecule has 1 aliphatic rings. The number of imidazole rings is 1. The molecule has 2 aromatic heterocycles. The topological polar surface area (TPSA) is 84.2 Å². The number of hydrogen-bond donors (Lipinski definition) is 2. The van der Waals surface area contributed by atoms with Crippen molar-refractivity contribution >= 4 is 34.2 Å². The summed E-state index contributed by atoms with van der Waals surface area (Å²) in [7, 11) is 0. The Morgan fingerprint density at radius 3 is 2.72 bits per heavy atom. The van der Waals surface area contributed by atoms with E-state index in [9.17, 15) is 14.7 Å². The molecule has 0 spiro atoms. The molecule has 0 saturated heterocycles. The van der Waals surface area contributed by atoms with Crippen molar-refractivity contribution in [2.75, 3.05) is 0 Å². The molecule has 1 amide bonds. The lowest BCUT2D eigenvalue weighted by atomic mass is 10.0. The van der Waals surface area contributed by atoms with Crippen LogP contribution in [0.5, 0.6) is 0 Å². The molecule has 1 fully saturated rings. The molecule has 6 nitrogen and oxygen atoms in total. The van der Waals surface area contributed by atoms with Crippen LogP contribution >= 0.6 is 11.3 Å². The van der Waals surface area contributed by atoms with Gasteiger partial charge in [-0.3, -0.25) is 4.79 Å². The zero-order valence-corrected chi connectivity index (χ0v) is 19.7. The summed E-state index contributed by atoms with van der Waals surface area (Å²) < 4.78 is 2.38. The molecule has 1 aliphatic carbocycles. The summed E-state index contributed by atoms with van der Waals surface area (Å²) in [4.78, 5) is 30.6. The number of carbonyl (C=O) groups is 2. The second-order valence-corrected chi connectivity index (χ2v) is 10.4. The van der Waals surface area contributed by atoms with Crippen molar-refractivity contribution < 1.29 is 14.7 Å². The van der Waals surface area contributed by atoms with E-state index in [4.69, 9.17) is 4.98 Å². The van der Waals surface area contributed by atoms with Gasteiger partial charge in [-0.15, -0.1) is 11.3 Å². The molecular formula is C25H31N3O3S. The molecular weight excluding hydrogens is 422 g/mol. The number of thiophene rings is 1. The summed E-state index contributed by atoms with van der Waals surface area (Å²) in [5.74, 6) is 0.406. The first-order valence-corrected chi connectivity index (χ1v) is 12.3. The van der Waals surface area contributed by atoms with Gasteiger partial charge in [-0.2, -0.15) is 0 Å². The zero-order valence-electron chi connectivity index (χ0n) is 18.9. The number of carboxylic acids is 1. The maximum Gasteiger partial charge on any atom is 0.326 e. The molecule has 2 heterocycles. The van der Waals surface area contributed by atoms with Gasteiger partial charge < -0.3 is 15.0 Å². The second kappa shape index (κ2) is 9.45. The van der Waals surface area contributed by atoms with Crippen LogP contribution in [0.15, 0.2) is 35.7 Å². The van der Waals surface area contributed by atoms with E-state index in [0.29, 0.717) is 23.9 Å². The average molecular weight is 454 g/mol. The molecule has 1 saturated carbocycles. The molecule has 4 rings (SSSR count). The van der Waals surface area contributed by atoms with E-state index in [2.05, 4.69) is 34.3 Å². The van der Waals surface area contributed by atoms with Gasteiger partial charge in [0.2, 0.25) is 0 Å². The fourth-order valence-electron chi connectivity index (χ4n) is 4.80. The number of carboxylic acid groups (broad SMARTS) is 1. The Balaban J connectivity index is 1.67. The van der Waals surface area contributed by atoms with Crippen LogP contribution in [0.3, 0.4) is 0 Å². The van der Waals surface area contributed by atoms with Crippen LogP contribution in [-0.4, -0.2) is 32.6 Å². The molecule has 2 N–H and O–H groups in total. The highest BCUT2D eigenvalue weighted by Gasteiger charge is 2.29. The van der Waals surface area contributed by atoms with Gasteiger partial charge in [0.05, 0.1) is 11.0 Å². The molecule has 3 unspecified atom stereocenters. The molecule has 0 aliphatic heterocycles. The largest absolute Gasteiger partial charge is 0.480 e. The summed E-state index contributed by atoms with van der Waals surface area (Å²) in [5.41, 5.74) is 2.28. The van der Waals surface area contributed by atoms with E-state index in [1.165, 1.54) is 17.7 Å². The minimum atomic E-state index is -1.01. The molecule has 0 radical (unpaired) electrons. The molecule has 3 aromatic rings. The van der Waals surface area contributed by atoms with Gasteiger partial charge in [0.25, 0.3) is 5.91 Å². The predicted molar refractivity (Wildman–Crippen MR) is 127 cm³/mol. The standard InChI is InChI=1S/C25H31N3O3S/c1-15(2)12-20(25(30)31)27-24(29)17-9-10-22-19(13-17)26-23(14-18-7-5-11-32-18)28(22)21-8-4-6-16(21)3/h5,7,9-11,13,15-16,20-21H,4,6,8,12,14H2,1-3H3,(H,27,29)(H,30,31). The molecule has 1 aromatic carbocycles. The Morgan fingerprint density at radius 2 is 2.09 bits per heavy atom. The zero-order chi connectivity index (χ0) is 22.8. The van der Waals surface area contributed by atoms with Gasteiger partial charge in [-0.1, -0.05) is 33.3 Å². The van der Waals surface area contributed by atoms with Gasteiger partial charge in [0.1, 0.15) is 11.9 Å². The fraction of sp³-hybridized carbons (Fsp3) is 0.480. The third-order valence-corrected chi connectivity index (χ3v) is 7.27. The minimum absolute atomic E-state index is 0.169. The van der Waals surface area contributed by atoms with Crippen molar-refractivity contribution in [3.05, 3.63) is 52.0 Å². The Labute approximate surface area is 192 Å². The van der Waals surface area contributed by atoms with Crippen LogP contribution in [0.25, 0.3) is 11.0 Å². The van der Waals surface area contributed by atoms with E-state index in [1.807, 2.05) is 19.9 Å². The second-order valence-electron chi connectivity index (χ2n) is 9.33. The molecule has 7 heteroatoms. The van der Waals surface area contributed by atoms with Crippen LogP contribution in [0.2, 0.25) is 0 Å². The van der Waals surface area contributed by atoms with Crippen LogP contribution in [0.4, 0.5) is 0 Å². The van der Waals surface area contributed by atoms with Crippen LogP contribution in [-0.2, 0) is 11.2 Å². The Kier molecular flexibility index (Phi) is 6.65. The lowest BCUT2D eigenvalue weighted by Crippen LogP contribution is -2.41. The number of nitrogens with zero attached hydrogens (tertiary/aromatic N) is 2. The van der Waals surface area contributed by atoms with Gasteiger partial charge in [-0.25, -0.2) is 9.78 Å². The SMILES string of the molecule is CC(C)CC(NC(=O)c1ccc2c(c1)nc(Cc1cccs1)n2C1CCCC1C)C(=O)O. The van der Waals surface area contributed by atoms with E-state index in [-0.39, 0.29) is 11.8 Å². The fourth-order valence-corrected chi connectivity index (χ4v) is 5.50. The highest BCUT2D eigenvalue weighted by Crippen LogP contribution is 2.39. The normalized spacial score (nSPS) is 19.5. The first-order valence-electron chi connectivity index (χ1n) is 11.4. The van der Waals surface area contributed by atoms with E-state index < -0.39 is 12.0 Å². The predicted octanol–water partition coefficient (Wildman–Crippen LogP) is 5.28. The minimum Gasteiger partial charge on any atom is -0.480 e. The Hall–Kier alpha value is -2.67. The summed E-state index contributed by atoms with van der Waals surface area (Å²) in [6, 6.07) is 9.27. The summed E-state index contributed by atoms with van der Waals surface area (Å²) >= 11 is 1.73. The maximum absolute atomic E-state index is 12.8. The molecule has 32 heavy (non-hydrogen) atoms. The number of benzene rings is 1. The molecule has 170 valence electrons. The number of nitrogens with one attached hydrogen (secondary N) is 1. The summed E-state index contributed by atoms with van der Waals surface area (Å²) in [6.45, 7) is 6.20. The van der Waals surface area contributed by atoms with Crippen LogP contribution < -0.4 is 5.32 Å². The number of rotatable bonds is 8. The molecule has 0 bridgehead atoms. The number of aromatic nitrogens is 2. The van der Waals surface area contributed by atoms with E-state index in [0.717, 1.165) is 29.7 Å². The lowest BCUT2D eigenvalue weighted by molar-refractivity contribution is -0.139. The Morgan fingerprint density at radius 1 is 1.28 bits per heavy atom. The Bertz CT molecular complexity index is 1100. The number of aliphatic carboxylic acids is 1. The molecule has 3 atom stereocenters. The number of fused-ring (bicyclic) bond motifs is 1. The number of hydrogen-bond acceptors (Lipinski definition) is 4.